The Hall–Kier alpha value is -2.08. The molecule has 0 aliphatic heterocycles. The van der Waals surface area contributed by atoms with E-state index in [4.69, 9.17) is 16.6 Å². The summed E-state index contributed by atoms with van der Waals surface area (Å²) in [5.41, 5.74) is 1.98. The van der Waals surface area contributed by atoms with Gasteiger partial charge in [0.25, 0.3) is 0 Å². The molecular weight excluding hydrogens is 399 g/mol. The zero-order valence-corrected chi connectivity index (χ0v) is 16.8. The number of alkyl halides is 3. The molecule has 0 N–H and O–H groups in total. The van der Waals surface area contributed by atoms with E-state index in [9.17, 15) is 13.2 Å². The van der Waals surface area contributed by atoms with Crippen LogP contribution in [0.2, 0.25) is 5.02 Å². The maximum absolute atomic E-state index is 13.0. The van der Waals surface area contributed by atoms with Crippen LogP contribution in [0.25, 0.3) is 22.3 Å². The van der Waals surface area contributed by atoms with Crippen LogP contribution in [0.5, 0.6) is 0 Å². The van der Waals surface area contributed by atoms with Crippen molar-refractivity contribution in [2.75, 3.05) is 0 Å². The van der Waals surface area contributed by atoms with Gasteiger partial charge in [-0.15, -0.1) is 0 Å². The fourth-order valence-electron chi connectivity index (χ4n) is 4.42. The molecule has 2 aliphatic rings. The van der Waals surface area contributed by atoms with Crippen molar-refractivity contribution in [2.45, 2.75) is 51.2 Å². The zero-order chi connectivity index (χ0) is 20.3. The molecule has 0 spiro atoms. The number of imidazole rings is 1. The molecule has 0 bridgehead atoms. The van der Waals surface area contributed by atoms with Crippen molar-refractivity contribution in [1.82, 2.24) is 14.5 Å². The van der Waals surface area contributed by atoms with E-state index >= 15 is 0 Å². The Kier molecular flexibility index (Phi) is 4.39. The highest BCUT2D eigenvalue weighted by atomic mass is 35.5. The highest BCUT2D eigenvalue weighted by Gasteiger charge is 2.44. The van der Waals surface area contributed by atoms with Gasteiger partial charge < -0.3 is 4.57 Å². The van der Waals surface area contributed by atoms with Crippen molar-refractivity contribution in [1.29, 1.82) is 0 Å². The fourth-order valence-corrected chi connectivity index (χ4v) is 4.69. The fraction of sp³-hybridized carbons (Fsp3) is 0.455. The molecule has 1 aromatic carbocycles. The number of pyridine rings is 1. The minimum atomic E-state index is -4.43. The van der Waals surface area contributed by atoms with Crippen molar-refractivity contribution in [3.63, 3.8) is 0 Å². The second-order valence-electron chi connectivity index (χ2n) is 8.14. The van der Waals surface area contributed by atoms with Crippen LogP contribution in [-0.4, -0.2) is 14.5 Å². The average Bonchev–Trinajstić information content (AvgIpc) is 3.59. The van der Waals surface area contributed by atoms with E-state index in [1.54, 1.807) is 6.20 Å². The lowest BCUT2D eigenvalue weighted by atomic mass is 10.1. The maximum Gasteiger partial charge on any atom is 0.416 e. The van der Waals surface area contributed by atoms with Crippen LogP contribution in [0.1, 0.15) is 50.0 Å². The predicted octanol–water partition coefficient (Wildman–Crippen LogP) is 6.69. The zero-order valence-electron chi connectivity index (χ0n) is 16.0. The van der Waals surface area contributed by atoms with Gasteiger partial charge >= 0.3 is 6.18 Å². The molecule has 0 amide bonds. The van der Waals surface area contributed by atoms with E-state index in [0.717, 1.165) is 35.4 Å². The Labute approximate surface area is 171 Å². The monoisotopic (exact) mass is 419 g/mol. The topological polar surface area (TPSA) is 30.7 Å². The molecule has 2 aliphatic carbocycles. The SMILES string of the molecule is CCc1nc2c(-c3ccc(C(F)(F)F)cc3Cl)nccc2n1C(C1CC1)C1CC1. The number of fused-ring (bicyclic) bond motifs is 1. The molecule has 2 aromatic heterocycles. The molecule has 0 unspecified atom stereocenters. The largest absolute Gasteiger partial charge is 0.416 e. The van der Waals surface area contributed by atoms with Gasteiger partial charge in [-0.25, -0.2) is 4.98 Å². The number of aryl methyl sites for hydroxylation is 1. The summed E-state index contributed by atoms with van der Waals surface area (Å²) in [4.78, 5) is 9.34. The van der Waals surface area contributed by atoms with Crippen molar-refractivity contribution >= 4 is 22.6 Å². The van der Waals surface area contributed by atoms with Gasteiger partial charge in [0.1, 0.15) is 11.3 Å². The first-order valence-electron chi connectivity index (χ1n) is 10.1. The van der Waals surface area contributed by atoms with Crippen molar-refractivity contribution in [3.05, 3.63) is 46.9 Å². The minimum absolute atomic E-state index is 0.0355. The van der Waals surface area contributed by atoms with Crippen LogP contribution in [0.3, 0.4) is 0 Å². The normalized spacial score (nSPS) is 17.4. The molecule has 5 rings (SSSR count). The van der Waals surface area contributed by atoms with Crippen molar-refractivity contribution in [3.8, 4) is 11.3 Å². The molecule has 29 heavy (non-hydrogen) atoms. The number of nitrogens with zero attached hydrogens (tertiary/aromatic N) is 3. The summed E-state index contributed by atoms with van der Waals surface area (Å²) in [5.74, 6) is 2.43. The lowest BCUT2D eigenvalue weighted by molar-refractivity contribution is -0.137. The molecule has 3 nitrogen and oxygen atoms in total. The van der Waals surface area contributed by atoms with Gasteiger partial charge in [0.15, 0.2) is 0 Å². The molecule has 2 fully saturated rings. The third-order valence-corrected chi connectivity index (χ3v) is 6.37. The molecule has 7 heteroatoms. The van der Waals surface area contributed by atoms with Crippen LogP contribution in [-0.2, 0) is 12.6 Å². The number of hydrogen-bond acceptors (Lipinski definition) is 2. The number of halogens is 4. The highest BCUT2D eigenvalue weighted by molar-refractivity contribution is 6.33. The van der Waals surface area contributed by atoms with Crippen LogP contribution >= 0.6 is 11.6 Å². The van der Waals surface area contributed by atoms with Gasteiger partial charge in [-0.3, -0.25) is 4.98 Å². The summed E-state index contributed by atoms with van der Waals surface area (Å²) in [5, 5.41) is 0.0355. The Morgan fingerprint density at radius 1 is 1.14 bits per heavy atom. The molecule has 0 atom stereocenters. The molecule has 2 heterocycles. The van der Waals surface area contributed by atoms with Crippen LogP contribution < -0.4 is 0 Å². The summed E-state index contributed by atoms with van der Waals surface area (Å²) in [6.07, 6.45) is 3.10. The van der Waals surface area contributed by atoms with E-state index in [0.29, 0.717) is 29.1 Å². The Bertz CT molecular complexity index is 1070. The molecule has 0 radical (unpaired) electrons. The summed E-state index contributed by atoms with van der Waals surface area (Å²) in [6, 6.07) is 5.86. The first kappa shape index (κ1) is 18.9. The van der Waals surface area contributed by atoms with E-state index in [2.05, 4.69) is 16.5 Å². The van der Waals surface area contributed by atoms with E-state index in [-0.39, 0.29) is 5.02 Å². The van der Waals surface area contributed by atoms with Crippen LogP contribution in [0.4, 0.5) is 13.2 Å². The third kappa shape index (κ3) is 3.31. The second-order valence-corrected chi connectivity index (χ2v) is 8.54. The molecule has 3 aromatic rings. The van der Waals surface area contributed by atoms with Crippen molar-refractivity contribution < 1.29 is 13.2 Å². The lowest BCUT2D eigenvalue weighted by Crippen LogP contribution is -2.16. The molecular formula is C22H21ClF3N3. The number of hydrogen-bond donors (Lipinski definition) is 0. The average molecular weight is 420 g/mol. The summed E-state index contributed by atoms with van der Waals surface area (Å²) in [6.45, 7) is 2.09. The number of benzene rings is 1. The Balaban J connectivity index is 1.67. The van der Waals surface area contributed by atoms with Gasteiger partial charge in [0, 0.05) is 24.2 Å². The summed E-state index contributed by atoms with van der Waals surface area (Å²) >= 11 is 6.26. The lowest BCUT2D eigenvalue weighted by Gasteiger charge is -2.21. The van der Waals surface area contributed by atoms with E-state index in [1.807, 2.05) is 6.07 Å². The smallest absolute Gasteiger partial charge is 0.324 e. The van der Waals surface area contributed by atoms with Crippen LogP contribution in [0, 0.1) is 11.8 Å². The first-order valence-corrected chi connectivity index (χ1v) is 10.5. The highest BCUT2D eigenvalue weighted by Crippen LogP contribution is 2.53. The Morgan fingerprint density at radius 3 is 2.38 bits per heavy atom. The Morgan fingerprint density at radius 2 is 1.83 bits per heavy atom. The predicted molar refractivity (Wildman–Crippen MR) is 107 cm³/mol. The van der Waals surface area contributed by atoms with Crippen LogP contribution in [0.15, 0.2) is 30.5 Å². The summed E-state index contributed by atoms with van der Waals surface area (Å²) in [7, 11) is 0. The molecule has 152 valence electrons. The summed E-state index contributed by atoms with van der Waals surface area (Å²) < 4.78 is 41.4. The van der Waals surface area contributed by atoms with E-state index in [1.165, 1.54) is 31.7 Å². The quantitative estimate of drug-likeness (QED) is 0.461. The van der Waals surface area contributed by atoms with E-state index < -0.39 is 11.7 Å². The van der Waals surface area contributed by atoms with Gasteiger partial charge in [0.2, 0.25) is 0 Å². The molecule has 0 saturated heterocycles. The van der Waals surface area contributed by atoms with Gasteiger partial charge in [-0.05, 0) is 55.7 Å². The van der Waals surface area contributed by atoms with Gasteiger partial charge in [-0.1, -0.05) is 24.6 Å². The number of aromatic nitrogens is 3. The first-order chi connectivity index (χ1) is 13.9. The maximum atomic E-state index is 13.0. The minimum Gasteiger partial charge on any atom is -0.324 e. The third-order valence-electron chi connectivity index (χ3n) is 6.06. The van der Waals surface area contributed by atoms with Gasteiger partial charge in [-0.2, -0.15) is 13.2 Å². The number of rotatable bonds is 5. The van der Waals surface area contributed by atoms with Crippen molar-refractivity contribution in [2.24, 2.45) is 11.8 Å². The molecule has 2 saturated carbocycles. The standard InChI is InChI=1S/C22H21ClF3N3/c1-2-18-28-20-17(29(18)21(12-3-4-12)13-5-6-13)9-10-27-19(20)15-8-7-14(11-16(15)23)22(24,25)26/h7-13,21H,2-6H2,1H3. The van der Waals surface area contributed by atoms with Gasteiger partial charge in [0.05, 0.1) is 21.8 Å². The second kappa shape index (κ2) is 6.73.